The fourth-order valence-electron chi connectivity index (χ4n) is 4.63. The summed E-state index contributed by atoms with van der Waals surface area (Å²) < 4.78 is 15.6. The largest absolute Gasteiger partial charge is 0.458 e. The lowest BCUT2D eigenvalue weighted by Crippen LogP contribution is -2.55. The summed E-state index contributed by atoms with van der Waals surface area (Å²) in [4.78, 5) is 40.1. The van der Waals surface area contributed by atoms with Crippen molar-refractivity contribution in [2.75, 3.05) is 27.8 Å². The number of hydrogen-bond donors (Lipinski definition) is 7. The van der Waals surface area contributed by atoms with Crippen molar-refractivity contribution in [1.29, 1.82) is 0 Å². The van der Waals surface area contributed by atoms with Crippen molar-refractivity contribution >= 4 is 17.8 Å². The van der Waals surface area contributed by atoms with E-state index in [1.54, 1.807) is 6.08 Å². The summed E-state index contributed by atoms with van der Waals surface area (Å²) in [6.45, 7) is 7.55. The first-order valence-electron chi connectivity index (χ1n) is 14.6. The molecular formula is C29H52N2O12. The van der Waals surface area contributed by atoms with Gasteiger partial charge in [-0.05, 0) is 37.5 Å². The number of allylic oxidation sites excluding steroid dienone is 1. The van der Waals surface area contributed by atoms with Crippen LogP contribution in [-0.2, 0) is 28.6 Å². The molecule has 1 heterocycles. The van der Waals surface area contributed by atoms with Crippen LogP contribution in [0.1, 0.15) is 53.4 Å². The van der Waals surface area contributed by atoms with Gasteiger partial charge in [0.15, 0.2) is 12.2 Å². The third kappa shape index (κ3) is 12.0. The highest BCUT2D eigenvalue weighted by Crippen LogP contribution is 2.20. The van der Waals surface area contributed by atoms with Gasteiger partial charge in [-0.2, -0.15) is 0 Å². The monoisotopic (exact) mass is 620 g/mol. The molecule has 0 aliphatic carbocycles. The smallest absolute Gasteiger partial charge is 0.338 e. The molecular weight excluding hydrogens is 568 g/mol. The Hall–Kier alpha value is -2.17. The van der Waals surface area contributed by atoms with Crippen molar-refractivity contribution in [3.8, 4) is 0 Å². The second-order valence-corrected chi connectivity index (χ2v) is 11.8. The highest BCUT2D eigenvalue weighted by molar-refractivity contribution is 5.89. The molecule has 0 bridgehead atoms. The number of likely N-dealkylation sites (tertiary alicyclic amines) is 1. The number of carbonyl (C=O) groups is 3. The number of methoxy groups -OCH3 is 2. The first-order chi connectivity index (χ1) is 20.0. The number of nitrogens with one attached hydrogen (secondary N) is 1. The van der Waals surface area contributed by atoms with Crippen LogP contribution < -0.4 is 5.32 Å². The number of esters is 1. The Morgan fingerprint density at radius 3 is 2.00 bits per heavy atom. The zero-order valence-electron chi connectivity index (χ0n) is 26.2. The standard InChI is InChI=1S/C29H52N2O12/c1-15(2)8-12-19(32)21(34)23(36)25(41-6)27(38)30-18-11-10-17(14-31(5)28(18)39)43-29(40)26(42-7)24(37)22(35)20(33)13-9-16(3)4/h8,12,15-26,32-37H,9-11,13-14H2,1-7H3,(H,30,38). The average Bonchev–Trinajstić information content (AvgIpc) is 3.07. The van der Waals surface area contributed by atoms with E-state index in [0.717, 1.165) is 14.2 Å². The molecule has 10 atom stereocenters. The minimum Gasteiger partial charge on any atom is -0.458 e. The summed E-state index contributed by atoms with van der Waals surface area (Å²) in [6, 6.07) is -1.09. The van der Waals surface area contributed by atoms with Crippen LogP contribution >= 0.6 is 0 Å². The number of nitrogens with zero attached hydrogens (tertiary/aromatic N) is 1. The first-order valence-corrected chi connectivity index (χ1v) is 14.6. The molecule has 0 aromatic carbocycles. The van der Waals surface area contributed by atoms with E-state index in [4.69, 9.17) is 14.2 Å². The normalized spacial score (nSPS) is 23.8. The summed E-state index contributed by atoms with van der Waals surface area (Å²) in [5.74, 6) is -2.08. The molecule has 0 spiro atoms. The highest BCUT2D eigenvalue weighted by Gasteiger charge is 2.41. The molecule has 7 N–H and O–H groups in total. The molecule has 1 rings (SSSR count). The maximum absolute atomic E-state index is 13.0. The number of aliphatic hydroxyl groups excluding tert-OH is 6. The maximum atomic E-state index is 13.0. The molecule has 0 saturated carbocycles. The number of ether oxygens (including phenoxy) is 3. The van der Waals surface area contributed by atoms with Crippen LogP contribution in [0.4, 0.5) is 0 Å². The van der Waals surface area contributed by atoms with Gasteiger partial charge in [-0.3, -0.25) is 9.59 Å². The molecule has 43 heavy (non-hydrogen) atoms. The van der Waals surface area contributed by atoms with Crippen LogP contribution in [0.3, 0.4) is 0 Å². The van der Waals surface area contributed by atoms with E-state index >= 15 is 0 Å². The van der Waals surface area contributed by atoms with E-state index in [1.807, 2.05) is 27.7 Å². The van der Waals surface area contributed by atoms with Crippen LogP contribution in [0.5, 0.6) is 0 Å². The van der Waals surface area contributed by atoms with Crippen LogP contribution in [0, 0.1) is 11.8 Å². The van der Waals surface area contributed by atoms with Crippen molar-refractivity contribution in [3.05, 3.63) is 12.2 Å². The van der Waals surface area contributed by atoms with E-state index in [-0.39, 0.29) is 37.6 Å². The summed E-state index contributed by atoms with van der Waals surface area (Å²) >= 11 is 0. The van der Waals surface area contributed by atoms with Crippen LogP contribution in [0.2, 0.25) is 0 Å². The minimum atomic E-state index is -1.82. The lowest BCUT2D eigenvalue weighted by Gasteiger charge is -2.29. The number of amides is 2. The van der Waals surface area contributed by atoms with E-state index in [1.165, 1.54) is 18.0 Å². The van der Waals surface area contributed by atoms with Gasteiger partial charge >= 0.3 is 5.97 Å². The fraction of sp³-hybridized carbons (Fsp3) is 0.828. The molecule has 1 aliphatic rings. The molecule has 1 aliphatic heterocycles. The van der Waals surface area contributed by atoms with Crippen LogP contribution in [0.15, 0.2) is 12.2 Å². The Labute approximate surface area is 253 Å². The Bertz CT molecular complexity index is 901. The molecule has 2 amide bonds. The fourth-order valence-corrected chi connectivity index (χ4v) is 4.63. The first kappa shape index (κ1) is 38.9. The summed E-state index contributed by atoms with van der Waals surface area (Å²) in [6.07, 6.45) is -9.97. The number of likely N-dealkylation sites (N-methyl/N-ethyl adjacent to an activating group) is 1. The topological polar surface area (TPSA) is 216 Å². The second-order valence-electron chi connectivity index (χ2n) is 11.8. The number of aliphatic hydroxyl groups is 6. The van der Waals surface area contributed by atoms with Crippen molar-refractivity contribution in [2.45, 2.75) is 114 Å². The predicted molar refractivity (Wildman–Crippen MR) is 154 cm³/mol. The second kappa shape index (κ2) is 18.6. The molecule has 0 aromatic heterocycles. The van der Waals surface area contributed by atoms with Gasteiger partial charge in [-0.25, -0.2) is 4.79 Å². The van der Waals surface area contributed by atoms with E-state index < -0.39 is 78.8 Å². The lowest BCUT2D eigenvalue weighted by atomic mass is 9.96. The molecule has 1 fully saturated rings. The Kier molecular flexibility index (Phi) is 16.8. The lowest BCUT2D eigenvalue weighted by molar-refractivity contribution is -0.178. The quantitative estimate of drug-likeness (QED) is 0.0729. The highest BCUT2D eigenvalue weighted by atomic mass is 16.6. The van der Waals surface area contributed by atoms with Gasteiger partial charge in [0.25, 0.3) is 5.91 Å². The Balaban J connectivity index is 2.87. The van der Waals surface area contributed by atoms with Gasteiger partial charge in [0.1, 0.15) is 42.7 Å². The molecule has 1 saturated heterocycles. The summed E-state index contributed by atoms with van der Waals surface area (Å²) in [5, 5.41) is 64.7. The van der Waals surface area contributed by atoms with Crippen LogP contribution in [-0.4, -0.2) is 142 Å². The van der Waals surface area contributed by atoms with Crippen LogP contribution in [0.25, 0.3) is 0 Å². The zero-order valence-corrected chi connectivity index (χ0v) is 26.2. The summed E-state index contributed by atoms with van der Waals surface area (Å²) in [5.41, 5.74) is 0. The van der Waals surface area contributed by atoms with Crippen molar-refractivity contribution < 1.29 is 59.2 Å². The third-order valence-corrected chi connectivity index (χ3v) is 7.32. The Morgan fingerprint density at radius 1 is 0.884 bits per heavy atom. The van der Waals surface area contributed by atoms with Crippen molar-refractivity contribution in [2.24, 2.45) is 11.8 Å². The Morgan fingerprint density at radius 2 is 1.47 bits per heavy atom. The predicted octanol–water partition coefficient (Wildman–Crippen LogP) is -1.52. The third-order valence-electron chi connectivity index (χ3n) is 7.32. The van der Waals surface area contributed by atoms with Gasteiger partial charge in [-0.1, -0.05) is 39.8 Å². The molecule has 0 radical (unpaired) electrons. The molecule has 10 unspecified atom stereocenters. The van der Waals surface area contributed by atoms with E-state index in [9.17, 15) is 45.0 Å². The number of rotatable bonds is 17. The zero-order chi connectivity index (χ0) is 33.0. The molecule has 250 valence electrons. The van der Waals surface area contributed by atoms with Crippen molar-refractivity contribution in [1.82, 2.24) is 10.2 Å². The van der Waals surface area contributed by atoms with Gasteiger partial charge in [0, 0.05) is 21.3 Å². The van der Waals surface area contributed by atoms with Crippen molar-refractivity contribution in [3.63, 3.8) is 0 Å². The number of hydrogen-bond acceptors (Lipinski definition) is 12. The SMILES string of the molecule is COC(C(=O)NC1CCC(OC(=O)C(OC)C(O)C(O)C(O)CCC(C)C)CN(C)C1=O)C(O)C(O)C(O)C=CC(C)C. The van der Waals surface area contributed by atoms with Gasteiger partial charge in [0.05, 0.1) is 12.6 Å². The average molecular weight is 621 g/mol. The molecule has 14 nitrogen and oxygen atoms in total. The maximum Gasteiger partial charge on any atom is 0.338 e. The van der Waals surface area contributed by atoms with E-state index in [2.05, 4.69) is 5.32 Å². The van der Waals surface area contributed by atoms with Gasteiger partial charge in [-0.15, -0.1) is 0 Å². The summed E-state index contributed by atoms with van der Waals surface area (Å²) in [7, 11) is 3.72. The minimum absolute atomic E-state index is 0.0262. The molecule has 14 heteroatoms. The van der Waals surface area contributed by atoms with Gasteiger partial charge < -0.3 is 55.1 Å². The van der Waals surface area contributed by atoms with E-state index in [0.29, 0.717) is 6.42 Å². The number of carbonyl (C=O) groups excluding carboxylic acids is 3. The van der Waals surface area contributed by atoms with Gasteiger partial charge in [0.2, 0.25) is 5.91 Å². The molecule has 0 aromatic rings.